The van der Waals surface area contributed by atoms with Crippen molar-refractivity contribution in [2.24, 2.45) is 5.92 Å². The third kappa shape index (κ3) is 3.96. The average Bonchev–Trinajstić information content (AvgIpc) is 2.12. The maximum atomic E-state index is 3.55. The highest BCUT2D eigenvalue weighted by Crippen LogP contribution is 2.25. The third-order valence-corrected chi connectivity index (χ3v) is 2.98. The zero-order valence-corrected chi connectivity index (χ0v) is 11.6. The van der Waals surface area contributed by atoms with Crippen LogP contribution in [0.5, 0.6) is 0 Å². The largest absolute Gasteiger partial charge is 0.313 e. The molecule has 1 unspecified atom stereocenters. The minimum atomic E-state index is 0.459. The van der Waals surface area contributed by atoms with Gasteiger partial charge in [0.1, 0.15) is 0 Å². The van der Waals surface area contributed by atoms with Gasteiger partial charge in [-0.1, -0.05) is 35.8 Å². The number of hydrogen-bond acceptors (Lipinski definition) is 1. The maximum Gasteiger partial charge on any atom is 0.0320 e. The molecular formula is C13H20BrN. The van der Waals surface area contributed by atoms with Gasteiger partial charge in [-0.05, 0) is 49.6 Å². The first kappa shape index (κ1) is 12.7. The molecule has 0 aliphatic rings. The highest BCUT2D eigenvalue weighted by Gasteiger charge is 2.11. The summed E-state index contributed by atoms with van der Waals surface area (Å²) in [7, 11) is 2.03. The van der Waals surface area contributed by atoms with E-state index in [-0.39, 0.29) is 0 Å². The van der Waals surface area contributed by atoms with Gasteiger partial charge >= 0.3 is 0 Å². The number of halogens is 1. The molecule has 15 heavy (non-hydrogen) atoms. The SMILES string of the molecule is CNC(CC(C)C)c1cc(C)cc(Br)c1. The van der Waals surface area contributed by atoms with Gasteiger partial charge in [-0.15, -0.1) is 0 Å². The molecule has 0 aliphatic carbocycles. The first-order chi connectivity index (χ1) is 7.02. The topological polar surface area (TPSA) is 12.0 Å². The first-order valence-corrected chi connectivity index (χ1v) is 6.26. The molecule has 0 saturated carbocycles. The lowest BCUT2D eigenvalue weighted by atomic mass is 9.96. The molecule has 0 aromatic heterocycles. The highest BCUT2D eigenvalue weighted by atomic mass is 79.9. The Bertz CT molecular complexity index is 300. The van der Waals surface area contributed by atoms with Crippen molar-refractivity contribution < 1.29 is 0 Å². The summed E-state index contributed by atoms with van der Waals surface area (Å²) < 4.78 is 1.17. The van der Waals surface area contributed by atoms with Crippen molar-refractivity contribution in [2.45, 2.75) is 33.2 Å². The molecule has 0 bridgehead atoms. The van der Waals surface area contributed by atoms with E-state index in [2.05, 4.69) is 60.2 Å². The predicted molar refractivity (Wildman–Crippen MR) is 70.1 cm³/mol. The lowest BCUT2D eigenvalue weighted by molar-refractivity contribution is 0.456. The normalized spacial score (nSPS) is 13.2. The lowest BCUT2D eigenvalue weighted by Crippen LogP contribution is -2.18. The summed E-state index contributed by atoms with van der Waals surface area (Å²) in [6, 6.07) is 7.07. The Kier molecular flexibility index (Phi) is 4.81. The number of aryl methyl sites for hydroxylation is 1. The number of nitrogens with one attached hydrogen (secondary N) is 1. The fourth-order valence-electron chi connectivity index (χ4n) is 1.86. The molecule has 1 rings (SSSR count). The highest BCUT2D eigenvalue weighted by molar-refractivity contribution is 9.10. The molecule has 1 nitrogen and oxygen atoms in total. The molecule has 1 atom stereocenters. The fourth-order valence-corrected chi connectivity index (χ4v) is 2.48. The van der Waals surface area contributed by atoms with Gasteiger partial charge in [0, 0.05) is 10.5 Å². The number of benzene rings is 1. The second-order valence-corrected chi connectivity index (χ2v) is 5.45. The Labute approximate surface area is 101 Å². The molecule has 2 heteroatoms. The molecule has 0 radical (unpaired) electrons. The van der Waals surface area contributed by atoms with Crippen LogP contribution in [0.15, 0.2) is 22.7 Å². The Balaban J connectivity index is 2.91. The van der Waals surface area contributed by atoms with Crippen LogP contribution in [0.3, 0.4) is 0 Å². The summed E-state index contributed by atoms with van der Waals surface area (Å²) in [5.74, 6) is 0.710. The predicted octanol–water partition coefficient (Wildman–Crippen LogP) is 4.06. The summed E-state index contributed by atoms with van der Waals surface area (Å²) in [6.07, 6.45) is 1.17. The van der Waals surface area contributed by atoms with Crippen molar-refractivity contribution in [3.63, 3.8) is 0 Å². The van der Waals surface area contributed by atoms with Crippen molar-refractivity contribution in [3.05, 3.63) is 33.8 Å². The van der Waals surface area contributed by atoms with E-state index in [1.54, 1.807) is 0 Å². The lowest BCUT2D eigenvalue weighted by Gasteiger charge is -2.19. The van der Waals surface area contributed by atoms with Crippen LogP contribution in [0.1, 0.15) is 37.4 Å². The van der Waals surface area contributed by atoms with Crippen molar-refractivity contribution in [3.8, 4) is 0 Å². The second kappa shape index (κ2) is 5.66. The molecule has 0 spiro atoms. The van der Waals surface area contributed by atoms with E-state index in [1.807, 2.05) is 7.05 Å². The Morgan fingerprint density at radius 2 is 1.93 bits per heavy atom. The van der Waals surface area contributed by atoms with Crippen molar-refractivity contribution in [1.82, 2.24) is 5.32 Å². The minimum Gasteiger partial charge on any atom is -0.313 e. The average molecular weight is 270 g/mol. The second-order valence-electron chi connectivity index (χ2n) is 4.53. The van der Waals surface area contributed by atoms with E-state index in [4.69, 9.17) is 0 Å². The standard InChI is InChI=1S/C13H20BrN/c1-9(2)5-13(15-4)11-6-10(3)7-12(14)8-11/h6-9,13,15H,5H2,1-4H3. The van der Waals surface area contributed by atoms with Crippen LogP contribution < -0.4 is 5.32 Å². The molecule has 0 saturated heterocycles. The quantitative estimate of drug-likeness (QED) is 0.869. The summed E-state index contributed by atoms with van der Waals surface area (Å²) in [6.45, 7) is 6.65. The van der Waals surface area contributed by atoms with E-state index >= 15 is 0 Å². The third-order valence-electron chi connectivity index (χ3n) is 2.52. The van der Waals surface area contributed by atoms with Gasteiger partial charge < -0.3 is 5.32 Å². The molecule has 0 amide bonds. The smallest absolute Gasteiger partial charge is 0.0320 e. The van der Waals surface area contributed by atoms with E-state index < -0.39 is 0 Å². The Morgan fingerprint density at radius 3 is 2.40 bits per heavy atom. The fraction of sp³-hybridized carbons (Fsp3) is 0.538. The van der Waals surface area contributed by atoms with E-state index in [1.165, 1.54) is 22.0 Å². The molecule has 1 N–H and O–H groups in total. The maximum absolute atomic E-state index is 3.55. The van der Waals surface area contributed by atoms with Gasteiger partial charge in [-0.2, -0.15) is 0 Å². The zero-order chi connectivity index (χ0) is 11.4. The monoisotopic (exact) mass is 269 g/mol. The minimum absolute atomic E-state index is 0.459. The van der Waals surface area contributed by atoms with E-state index in [9.17, 15) is 0 Å². The van der Waals surface area contributed by atoms with Crippen LogP contribution in [-0.4, -0.2) is 7.05 Å². The van der Waals surface area contributed by atoms with Crippen LogP contribution in [0.4, 0.5) is 0 Å². The van der Waals surface area contributed by atoms with E-state index in [0.29, 0.717) is 12.0 Å². The summed E-state index contributed by atoms with van der Waals surface area (Å²) in [4.78, 5) is 0. The van der Waals surface area contributed by atoms with Gasteiger partial charge in [-0.25, -0.2) is 0 Å². The zero-order valence-electron chi connectivity index (χ0n) is 9.97. The van der Waals surface area contributed by atoms with Crippen molar-refractivity contribution >= 4 is 15.9 Å². The van der Waals surface area contributed by atoms with Crippen LogP contribution in [0.2, 0.25) is 0 Å². The van der Waals surface area contributed by atoms with Crippen LogP contribution in [0, 0.1) is 12.8 Å². The molecule has 1 aromatic rings. The summed E-state index contributed by atoms with van der Waals surface area (Å²) in [5.41, 5.74) is 2.68. The van der Waals surface area contributed by atoms with Crippen LogP contribution in [-0.2, 0) is 0 Å². The molecule has 0 heterocycles. The molecule has 0 aliphatic heterocycles. The molecule has 1 aromatic carbocycles. The Hall–Kier alpha value is -0.340. The molecule has 84 valence electrons. The molecular weight excluding hydrogens is 250 g/mol. The Morgan fingerprint density at radius 1 is 1.27 bits per heavy atom. The van der Waals surface area contributed by atoms with Crippen LogP contribution >= 0.6 is 15.9 Å². The van der Waals surface area contributed by atoms with Gasteiger partial charge in [0.25, 0.3) is 0 Å². The van der Waals surface area contributed by atoms with Crippen molar-refractivity contribution in [1.29, 1.82) is 0 Å². The summed E-state index contributed by atoms with van der Waals surface area (Å²) >= 11 is 3.55. The summed E-state index contributed by atoms with van der Waals surface area (Å²) in [5, 5.41) is 3.38. The number of rotatable bonds is 4. The molecule has 0 fully saturated rings. The van der Waals surface area contributed by atoms with Gasteiger partial charge in [-0.3, -0.25) is 0 Å². The van der Waals surface area contributed by atoms with Gasteiger partial charge in [0.15, 0.2) is 0 Å². The van der Waals surface area contributed by atoms with E-state index in [0.717, 1.165) is 0 Å². The van der Waals surface area contributed by atoms with Gasteiger partial charge in [0.2, 0.25) is 0 Å². The first-order valence-electron chi connectivity index (χ1n) is 5.47. The number of hydrogen-bond donors (Lipinski definition) is 1. The van der Waals surface area contributed by atoms with Crippen LogP contribution in [0.25, 0.3) is 0 Å². The van der Waals surface area contributed by atoms with Crippen molar-refractivity contribution in [2.75, 3.05) is 7.05 Å². The van der Waals surface area contributed by atoms with Gasteiger partial charge in [0.05, 0.1) is 0 Å².